The number of fused-ring (bicyclic) bond motifs is 1. The average Bonchev–Trinajstić information content (AvgIpc) is 2.58. The van der Waals surface area contributed by atoms with Crippen molar-refractivity contribution >= 4 is 16.7 Å². The standard InChI is InChI=1S/C17H14F3N3O/c18-17(19,20)10-24-13-5-3-4-12(8-13)9-21-16-14-6-1-2-7-15(14)22-11-23-16/h1-8,11H,9-10H2,(H,21,22,23). The number of alkyl halides is 3. The largest absolute Gasteiger partial charge is 0.484 e. The molecule has 0 saturated carbocycles. The van der Waals surface area contributed by atoms with E-state index in [1.165, 1.54) is 12.4 Å². The van der Waals surface area contributed by atoms with Crippen LogP contribution in [0.4, 0.5) is 19.0 Å². The minimum atomic E-state index is -4.35. The summed E-state index contributed by atoms with van der Waals surface area (Å²) in [7, 11) is 0. The second kappa shape index (κ2) is 6.74. The lowest BCUT2D eigenvalue weighted by atomic mass is 10.2. The highest BCUT2D eigenvalue weighted by Gasteiger charge is 2.28. The molecule has 1 heterocycles. The fourth-order valence-corrected chi connectivity index (χ4v) is 2.24. The normalized spacial score (nSPS) is 11.5. The third kappa shape index (κ3) is 4.13. The Kier molecular flexibility index (Phi) is 4.50. The van der Waals surface area contributed by atoms with E-state index in [2.05, 4.69) is 15.3 Å². The Balaban J connectivity index is 1.70. The summed E-state index contributed by atoms with van der Waals surface area (Å²) in [6, 6.07) is 14.1. The number of benzene rings is 2. The highest BCUT2D eigenvalue weighted by molar-refractivity contribution is 5.88. The van der Waals surface area contributed by atoms with Gasteiger partial charge in [-0.2, -0.15) is 13.2 Å². The first-order valence-electron chi connectivity index (χ1n) is 7.23. The van der Waals surface area contributed by atoms with Crippen molar-refractivity contribution in [3.8, 4) is 5.75 Å². The molecule has 0 saturated heterocycles. The van der Waals surface area contributed by atoms with Gasteiger partial charge in [0.1, 0.15) is 17.9 Å². The van der Waals surface area contributed by atoms with Crippen molar-refractivity contribution in [3.05, 3.63) is 60.4 Å². The zero-order valence-corrected chi connectivity index (χ0v) is 12.5. The zero-order chi connectivity index (χ0) is 17.0. The minimum Gasteiger partial charge on any atom is -0.484 e. The first kappa shape index (κ1) is 16.0. The molecule has 3 aromatic rings. The molecule has 0 aliphatic carbocycles. The summed E-state index contributed by atoms with van der Waals surface area (Å²) in [4.78, 5) is 8.39. The quantitative estimate of drug-likeness (QED) is 0.761. The van der Waals surface area contributed by atoms with Gasteiger partial charge in [-0.3, -0.25) is 0 Å². The summed E-state index contributed by atoms with van der Waals surface area (Å²) >= 11 is 0. The molecule has 7 heteroatoms. The lowest BCUT2D eigenvalue weighted by molar-refractivity contribution is -0.153. The first-order chi connectivity index (χ1) is 11.5. The van der Waals surface area contributed by atoms with Crippen LogP contribution in [0.5, 0.6) is 5.75 Å². The average molecular weight is 333 g/mol. The smallest absolute Gasteiger partial charge is 0.422 e. The van der Waals surface area contributed by atoms with Gasteiger partial charge >= 0.3 is 6.18 Å². The number of halogens is 3. The number of hydrogen-bond donors (Lipinski definition) is 1. The van der Waals surface area contributed by atoms with Crippen LogP contribution in [-0.2, 0) is 6.54 Å². The van der Waals surface area contributed by atoms with E-state index in [0.717, 1.165) is 16.5 Å². The van der Waals surface area contributed by atoms with Crippen LogP contribution >= 0.6 is 0 Å². The molecule has 0 radical (unpaired) electrons. The Morgan fingerprint density at radius 1 is 1.00 bits per heavy atom. The van der Waals surface area contributed by atoms with Crippen molar-refractivity contribution in [3.63, 3.8) is 0 Å². The van der Waals surface area contributed by atoms with E-state index in [0.29, 0.717) is 12.4 Å². The van der Waals surface area contributed by atoms with E-state index in [9.17, 15) is 13.2 Å². The van der Waals surface area contributed by atoms with Gasteiger partial charge in [0.2, 0.25) is 0 Å². The van der Waals surface area contributed by atoms with Gasteiger partial charge < -0.3 is 10.1 Å². The van der Waals surface area contributed by atoms with E-state index in [4.69, 9.17) is 4.74 Å². The Labute approximate surface area is 136 Å². The number of hydrogen-bond acceptors (Lipinski definition) is 4. The van der Waals surface area contributed by atoms with Gasteiger partial charge in [0.15, 0.2) is 6.61 Å². The van der Waals surface area contributed by atoms with Crippen molar-refractivity contribution < 1.29 is 17.9 Å². The van der Waals surface area contributed by atoms with Gasteiger partial charge in [-0.1, -0.05) is 24.3 Å². The summed E-state index contributed by atoms with van der Waals surface area (Å²) in [6.45, 7) is -0.898. The van der Waals surface area contributed by atoms with Gasteiger partial charge in [0, 0.05) is 11.9 Å². The molecule has 0 aliphatic rings. The van der Waals surface area contributed by atoms with Gasteiger partial charge in [-0.15, -0.1) is 0 Å². The molecule has 0 amide bonds. The summed E-state index contributed by atoms with van der Waals surface area (Å²) in [6.07, 6.45) is -2.89. The molecular weight excluding hydrogens is 319 g/mol. The lowest BCUT2D eigenvalue weighted by Gasteiger charge is -2.11. The monoisotopic (exact) mass is 333 g/mol. The Morgan fingerprint density at radius 3 is 2.67 bits per heavy atom. The highest BCUT2D eigenvalue weighted by Crippen LogP contribution is 2.21. The summed E-state index contributed by atoms with van der Waals surface area (Å²) in [5.41, 5.74) is 1.61. The SMILES string of the molecule is FC(F)(F)COc1cccc(CNc2ncnc3ccccc23)c1. The third-order valence-electron chi connectivity index (χ3n) is 3.30. The van der Waals surface area contributed by atoms with Crippen molar-refractivity contribution in [1.82, 2.24) is 9.97 Å². The van der Waals surface area contributed by atoms with Crippen molar-refractivity contribution in [1.29, 1.82) is 0 Å². The number of nitrogens with zero attached hydrogens (tertiary/aromatic N) is 2. The van der Waals surface area contributed by atoms with Crippen molar-refractivity contribution in [2.24, 2.45) is 0 Å². The van der Waals surface area contributed by atoms with E-state index in [-0.39, 0.29) is 5.75 Å². The van der Waals surface area contributed by atoms with E-state index < -0.39 is 12.8 Å². The summed E-state index contributed by atoms with van der Waals surface area (Å²) < 4.78 is 41.4. The second-order valence-electron chi connectivity index (χ2n) is 5.14. The molecule has 1 aromatic heterocycles. The molecular formula is C17H14F3N3O. The van der Waals surface area contributed by atoms with E-state index >= 15 is 0 Å². The zero-order valence-electron chi connectivity index (χ0n) is 12.5. The lowest BCUT2D eigenvalue weighted by Crippen LogP contribution is -2.19. The molecule has 0 aliphatic heterocycles. The molecule has 4 nitrogen and oxygen atoms in total. The fraction of sp³-hybridized carbons (Fsp3) is 0.176. The number of ether oxygens (including phenoxy) is 1. The van der Waals surface area contributed by atoms with Gasteiger partial charge in [0.05, 0.1) is 5.52 Å². The van der Waals surface area contributed by atoms with Crippen LogP contribution in [-0.4, -0.2) is 22.8 Å². The number of aromatic nitrogens is 2. The van der Waals surface area contributed by atoms with Crippen LogP contribution in [0.3, 0.4) is 0 Å². The van der Waals surface area contributed by atoms with E-state index in [1.54, 1.807) is 18.2 Å². The van der Waals surface area contributed by atoms with Crippen LogP contribution in [0.1, 0.15) is 5.56 Å². The maximum absolute atomic E-state index is 12.2. The predicted molar refractivity (Wildman–Crippen MR) is 84.9 cm³/mol. The molecule has 0 atom stereocenters. The number of nitrogens with one attached hydrogen (secondary N) is 1. The fourth-order valence-electron chi connectivity index (χ4n) is 2.24. The topological polar surface area (TPSA) is 47.0 Å². The van der Waals surface area contributed by atoms with Crippen molar-refractivity contribution in [2.45, 2.75) is 12.7 Å². The van der Waals surface area contributed by atoms with Crippen LogP contribution in [0.2, 0.25) is 0 Å². The second-order valence-corrected chi connectivity index (χ2v) is 5.14. The van der Waals surface area contributed by atoms with Crippen LogP contribution in [0, 0.1) is 0 Å². The minimum absolute atomic E-state index is 0.180. The number of anilines is 1. The number of rotatable bonds is 5. The van der Waals surface area contributed by atoms with Gasteiger partial charge in [0.25, 0.3) is 0 Å². The molecule has 0 spiro atoms. The van der Waals surface area contributed by atoms with Crippen LogP contribution in [0.15, 0.2) is 54.9 Å². The third-order valence-corrected chi connectivity index (χ3v) is 3.30. The molecule has 24 heavy (non-hydrogen) atoms. The molecule has 2 aromatic carbocycles. The molecule has 3 rings (SSSR count). The summed E-state index contributed by atoms with van der Waals surface area (Å²) in [5.74, 6) is 0.849. The maximum Gasteiger partial charge on any atom is 0.422 e. The molecule has 1 N–H and O–H groups in total. The van der Waals surface area contributed by atoms with Gasteiger partial charge in [-0.25, -0.2) is 9.97 Å². The Hall–Kier alpha value is -2.83. The molecule has 0 fully saturated rings. The summed E-state index contributed by atoms with van der Waals surface area (Å²) in [5, 5.41) is 4.05. The van der Waals surface area contributed by atoms with Gasteiger partial charge in [-0.05, 0) is 29.8 Å². The predicted octanol–water partition coefficient (Wildman–Crippen LogP) is 4.18. The molecule has 124 valence electrons. The highest BCUT2D eigenvalue weighted by atomic mass is 19.4. The molecule has 0 bridgehead atoms. The van der Waals surface area contributed by atoms with E-state index in [1.807, 2.05) is 24.3 Å². The Bertz CT molecular complexity index is 831. The Morgan fingerprint density at radius 2 is 1.83 bits per heavy atom. The first-order valence-corrected chi connectivity index (χ1v) is 7.23. The maximum atomic E-state index is 12.2. The number of para-hydroxylation sites is 1. The van der Waals surface area contributed by atoms with Crippen molar-refractivity contribution in [2.75, 3.05) is 11.9 Å². The van der Waals surface area contributed by atoms with Crippen LogP contribution in [0.25, 0.3) is 10.9 Å². The molecule has 0 unspecified atom stereocenters. The van der Waals surface area contributed by atoms with Crippen LogP contribution < -0.4 is 10.1 Å².